The summed E-state index contributed by atoms with van der Waals surface area (Å²) in [6, 6.07) is 11.9. The van der Waals surface area contributed by atoms with E-state index in [0.717, 1.165) is 18.4 Å². The van der Waals surface area contributed by atoms with Crippen molar-refractivity contribution in [3.05, 3.63) is 65.8 Å². The number of carbonyl (C=O) groups is 1. The number of aromatic nitrogens is 2. The molecule has 168 valence electrons. The zero-order valence-electron chi connectivity index (χ0n) is 17.5. The topological polar surface area (TPSA) is 105 Å². The van der Waals surface area contributed by atoms with Crippen molar-refractivity contribution < 1.29 is 22.1 Å². The SMILES string of the molecule is CC1CCN(S(=O)(=O)c2ccc(-c3noc(C(=O)NCc4ccc(F)cc4)n3)cc2)CC1. The maximum Gasteiger partial charge on any atom is 0.316 e. The second-order valence-electron chi connectivity index (χ2n) is 7.84. The van der Waals surface area contributed by atoms with Crippen LogP contribution in [-0.4, -0.2) is 41.9 Å². The number of amides is 1. The van der Waals surface area contributed by atoms with Gasteiger partial charge in [0, 0.05) is 25.2 Å². The van der Waals surface area contributed by atoms with Crippen molar-refractivity contribution >= 4 is 15.9 Å². The quantitative estimate of drug-likeness (QED) is 0.608. The van der Waals surface area contributed by atoms with Gasteiger partial charge in [0.25, 0.3) is 0 Å². The molecule has 1 fully saturated rings. The minimum Gasteiger partial charge on any atom is -0.344 e. The molecule has 3 aromatic rings. The maximum absolute atomic E-state index is 13.0. The second-order valence-corrected chi connectivity index (χ2v) is 9.78. The third-order valence-electron chi connectivity index (χ3n) is 5.48. The Kier molecular flexibility index (Phi) is 6.33. The Balaban J connectivity index is 1.41. The van der Waals surface area contributed by atoms with E-state index in [1.54, 1.807) is 24.3 Å². The Morgan fingerprint density at radius 1 is 1.12 bits per heavy atom. The number of nitrogens with zero attached hydrogens (tertiary/aromatic N) is 3. The van der Waals surface area contributed by atoms with Crippen molar-refractivity contribution in [3.63, 3.8) is 0 Å². The van der Waals surface area contributed by atoms with Gasteiger partial charge in [-0.2, -0.15) is 9.29 Å². The van der Waals surface area contributed by atoms with Crippen LogP contribution in [-0.2, 0) is 16.6 Å². The van der Waals surface area contributed by atoms with Crippen LogP contribution in [0.5, 0.6) is 0 Å². The van der Waals surface area contributed by atoms with Crippen molar-refractivity contribution in [1.82, 2.24) is 19.8 Å². The van der Waals surface area contributed by atoms with Crippen molar-refractivity contribution in [2.24, 2.45) is 5.92 Å². The van der Waals surface area contributed by atoms with Crippen LogP contribution >= 0.6 is 0 Å². The Hall–Kier alpha value is -3.11. The molecule has 32 heavy (non-hydrogen) atoms. The van der Waals surface area contributed by atoms with Crippen molar-refractivity contribution in [1.29, 1.82) is 0 Å². The lowest BCUT2D eigenvalue weighted by atomic mass is 10.0. The Morgan fingerprint density at radius 2 is 1.78 bits per heavy atom. The molecular formula is C22H23FN4O4S. The summed E-state index contributed by atoms with van der Waals surface area (Å²) in [5.41, 5.74) is 1.25. The summed E-state index contributed by atoms with van der Waals surface area (Å²) in [6.07, 6.45) is 1.71. The smallest absolute Gasteiger partial charge is 0.316 e. The normalized spacial score (nSPS) is 15.6. The maximum atomic E-state index is 13.0. The molecule has 10 heteroatoms. The molecule has 0 aliphatic carbocycles. The molecule has 8 nitrogen and oxygen atoms in total. The number of sulfonamides is 1. The molecule has 1 N–H and O–H groups in total. The zero-order valence-corrected chi connectivity index (χ0v) is 18.3. The predicted molar refractivity (Wildman–Crippen MR) is 114 cm³/mol. The highest BCUT2D eigenvalue weighted by Gasteiger charge is 2.28. The van der Waals surface area contributed by atoms with E-state index in [0.29, 0.717) is 24.6 Å². The molecule has 0 bridgehead atoms. The van der Waals surface area contributed by atoms with Gasteiger partial charge in [-0.1, -0.05) is 24.2 Å². The molecule has 1 amide bonds. The van der Waals surface area contributed by atoms with Crippen LogP contribution in [0.1, 0.15) is 36.0 Å². The van der Waals surface area contributed by atoms with E-state index in [9.17, 15) is 17.6 Å². The first-order valence-electron chi connectivity index (χ1n) is 10.3. The van der Waals surface area contributed by atoms with Gasteiger partial charge in [0.15, 0.2) is 0 Å². The van der Waals surface area contributed by atoms with E-state index in [4.69, 9.17) is 4.52 Å². The van der Waals surface area contributed by atoms with E-state index < -0.39 is 15.9 Å². The minimum atomic E-state index is -3.55. The summed E-state index contributed by atoms with van der Waals surface area (Å²) in [4.78, 5) is 16.5. The predicted octanol–water partition coefficient (Wildman–Crippen LogP) is 3.23. The first-order chi connectivity index (χ1) is 15.3. The molecule has 0 atom stereocenters. The molecule has 1 aromatic heterocycles. The summed E-state index contributed by atoms with van der Waals surface area (Å²) in [5, 5.41) is 6.43. The van der Waals surface area contributed by atoms with Gasteiger partial charge in [-0.15, -0.1) is 0 Å². The Labute approximate surface area is 185 Å². The van der Waals surface area contributed by atoms with Crippen LogP contribution < -0.4 is 5.32 Å². The summed E-state index contributed by atoms with van der Waals surface area (Å²) < 4.78 is 45.2. The fourth-order valence-corrected chi connectivity index (χ4v) is 4.91. The second kappa shape index (κ2) is 9.17. The van der Waals surface area contributed by atoms with Crippen LogP contribution in [0.2, 0.25) is 0 Å². The van der Waals surface area contributed by atoms with Crippen molar-refractivity contribution in [2.45, 2.75) is 31.2 Å². The molecule has 1 saturated heterocycles. The van der Waals surface area contributed by atoms with Gasteiger partial charge in [0.1, 0.15) is 5.82 Å². The highest BCUT2D eigenvalue weighted by atomic mass is 32.2. The molecule has 1 aliphatic rings. The molecule has 2 heterocycles. The number of nitrogens with one attached hydrogen (secondary N) is 1. The number of hydrogen-bond donors (Lipinski definition) is 1. The fourth-order valence-electron chi connectivity index (χ4n) is 3.44. The average molecular weight is 459 g/mol. The van der Waals surface area contributed by atoms with Crippen LogP contribution in [0.4, 0.5) is 4.39 Å². The van der Waals surface area contributed by atoms with Gasteiger partial charge in [0.2, 0.25) is 15.8 Å². The van der Waals surface area contributed by atoms with Gasteiger partial charge in [-0.3, -0.25) is 4.79 Å². The largest absolute Gasteiger partial charge is 0.344 e. The molecule has 1 aliphatic heterocycles. The monoisotopic (exact) mass is 458 g/mol. The van der Waals surface area contributed by atoms with E-state index in [1.165, 1.54) is 28.6 Å². The first-order valence-corrected chi connectivity index (χ1v) is 11.7. The van der Waals surface area contributed by atoms with Gasteiger partial charge in [-0.05, 0) is 60.7 Å². The summed E-state index contributed by atoms with van der Waals surface area (Å²) >= 11 is 0. The van der Waals surface area contributed by atoms with E-state index in [1.807, 2.05) is 0 Å². The Bertz CT molecular complexity index is 1190. The molecule has 0 radical (unpaired) electrons. The molecule has 0 saturated carbocycles. The molecule has 4 rings (SSSR count). The average Bonchev–Trinajstić information content (AvgIpc) is 3.29. The highest BCUT2D eigenvalue weighted by molar-refractivity contribution is 7.89. The Morgan fingerprint density at radius 3 is 2.44 bits per heavy atom. The lowest BCUT2D eigenvalue weighted by Crippen LogP contribution is -2.37. The van der Waals surface area contributed by atoms with Crippen molar-refractivity contribution in [2.75, 3.05) is 13.1 Å². The lowest BCUT2D eigenvalue weighted by molar-refractivity contribution is 0.0907. The van der Waals surface area contributed by atoms with E-state index >= 15 is 0 Å². The number of hydrogen-bond acceptors (Lipinski definition) is 6. The highest BCUT2D eigenvalue weighted by Crippen LogP contribution is 2.25. The van der Waals surface area contributed by atoms with Gasteiger partial charge in [0.05, 0.1) is 4.90 Å². The summed E-state index contributed by atoms with van der Waals surface area (Å²) in [7, 11) is -3.55. The standard InChI is InChI=1S/C22H23FN4O4S/c1-15-10-12-27(13-11-15)32(29,30)19-8-4-17(5-9-19)20-25-22(31-26-20)21(28)24-14-16-2-6-18(23)7-3-16/h2-9,15H,10-14H2,1H3,(H,24,28). The number of benzene rings is 2. The van der Waals surface area contributed by atoms with Gasteiger partial charge < -0.3 is 9.84 Å². The molecular weight excluding hydrogens is 435 g/mol. The third-order valence-corrected chi connectivity index (χ3v) is 7.39. The lowest BCUT2D eigenvalue weighted by Gasteiger charge is -2.29. The van der Waals surface area contributed by atoms with Crippen LogP contribution in [0.25, 0.3) is 11.4 Å². The first kappa shape index (κ1) is 22.1. The van der Waals surface area contributed by atoms with Crippen LogP contribution in [0, 0.1) is 11.7 Å². The van der Waals surface area contributed by atoms with Gasteiger partial charge >= 0.3 is 11.8 Å². The van der Waals surface area contributed by atoms with E-state index in [-0.39, 0.29) is 29.0 Å². The van der Waals surface area contributed by atoms with Crippen molar-refractivity contribution in [3.8, 4) is 11.4 Å². The number of piperidine rings is 1. The number of rotatable bonds is 6. The fraction of sp³-hybridized carbons (Fsp3) is 0.318. The van der Waals surface area contributed by atoms with Gasteiger partial charge in [-0.25, -0.2) is 12.8 Å². The zero-order chi connectivity index (χ0) is 22.7. The summed E-state index contributed by atoms with van der Waals surface area (Å²) in [6.45, 7) is 3.35. The molecule has 0 spiro atoms. The number of halogens is 1. The molecule has 2 aromatic carbocycles. The van der Waals surface area contributed by atoms with E-state index in [2.05, 4.69) is 22.4 Å². The third kappa shape index (κ3) is 4.86. The van der Waals surface area contributed by atoms with Crippen LogP contribution in [0.15, 0.2) is 57.9 Å². The molecule has 0 unspecified atom stereocenters. The number of carbonyl (C=O) groups excluding carboxylic acids is 1. The van der Waals surface area contributed by atoms with Crippen LogP contribution in [0.3, 0.4) is 0 Å². The summed E-state index contributed by atoms with van der Waals surface area (Å²) in [5.74, 6) is -0.435. The minimum absolute atomic E-state index is 0.174.